The molecule has 1 aliphatic carbocycles. The van der Waals surface area contributed by atoms with Gasteiger partial charge < -0.3 is 10.4 Å². The standard InChI is InChI=1S/C18H36N2O/c1-2-3-4-5-8-16-9-6-7-10-17(16)18-15-19-11-12-20(18)13-14-21/h16-19,21H,2-15H2,1H3. The maximum atomic E-state index is 9.34. The topological polar surface area (TPSA) is 35.5 Å². The Bertz CT molecular complexity index is 270. The molecule has 2 aliphatic rings. The van der Waals surface area contributed by atoms with Crippen molar-refractivity contribution < 1.29 is 5.11 Å². The summed E-state index contributed by atoms with van der Waals surface area (Å²) in [6.07, 6.45) is 12.7. The molecule has 3 heteroatoms. The molecule has 2 rings (SSSR count). The molecule has 1 heterocycles. The number of hydrogen-bond donors (Lipinski definition) is 2. The van der Waals surface area contributed by atoms with Gasteiger partial charge in [-0.25, -0.2) is 0 Å². The Morgan fingerprint density at radius 1 is 1.14 bits per heavy atom. The highest BCUT2D eigenvalue weighted by Crippen LogP contribution is 2.37. The fourth-order valence-corrected chi connectivity index (χ4v) is 4.53. The third-order valence-corrected chi connectivity index (χ3v) is 5.68. The maximum absolute atomic E-state index is 9.34. The Kier molecular flexibility index (Phi) is 8.05. The van der Waals surface area contributed by atoms with Crippen LogP contribution >= 0.6 is 0 Å². The highest BCUT2D eigenvalue weighted by molar-refractivity contribution is 4.90. The number of nitrogens with zero attached hydrogens (tertiary/aromatic N) is 1. The van der Waals surface area contributed by atoms with Gasteiger partial charge >= 0.3 is 0 Å². The summed E-state index contributed by atoms with van der Waals surface area (Å²) in [5, 5.41) is 12.9. The third kappa shape index (κ3) is 5.22. The zero-order chi connectivity index (χ0) is 14.9. The van der Waals surface area contributed by atoms with Crippen LogP contribution in [-0.2, 0) is 0 Å². The van der Waals surface area contributed by atoms with E-state index in [1.165, 1.54) is 57.8 Å². The van der Waals surface area contributed by atoms with Crippen LogP contribution in [0.1, 0.15) is 64.7 Å². The molecule has 3 nitrogen and oxygen atoms in total. The molecule has 1 saturated carbocycles. The first kappa shape index (κ1) is 17.2. The van der Waals surface area contributed by atoms with Gasteiger partial charge in [-0.15, -0.1) is 0 Å². The van der Waals surface area contributed by atoms with Crippen LogP contribution in [0.4, 0.5) is 0 Å². The van der Waals surface area contributed by atoms with Gasteiger partial charge in [-0.2, -0.15) is 0 Å². The van der Waals surface area contributed by atoms with Crippen molar-refractivity contribution in [2.45, 2.75) is 70.8 Å². The first-order valence-electron chi connectivity index (χ1n) is 9.42. The molecule has 124 valence electrons. The molecule has 1 saturated heterocycles. The lowest BCUT2D eigenvalue weighted by Gasteiger charge is -2.45. The Morgan fingerprint density at radius 2 is 2.00 bits per heavy atom. The quantitative estimate of drug-likeness (QED) is 0.676. The van der Waals surface area contributed by atoms with Gasteiger partial charge in [0.05, 0.1) is 6.61 Å². The first-order chi connectivity index (χ1) is 10.4. The first-order valence-corrected chi connectivity index (χ1v) is 9.42. The summed E-state index contributed by atoms with van der Waals surface area (Å²) in [4.78, 5) is 2.56. The Hall–Kier alpha value is -0.120. The van der Waals surface area contributed by atoms with Gasteiger partial charge in [-0.3, -0.25) is 4.90 Å². The Balaban J connectivity index is 1.89. The average Bonchev–Trinajstić information content (AvgIpc) is 2.53. The van der Waals surface area contributed by atoms with Crippen molar-refractivity contribution in [3.8, 4) is 0 Å². The molecular formula is C18H36N2O. The van der Waals surface area contributed by atoms with Crippen LogP contribution in [0.25, 0.3) is 0 Å². The number of aliphatic hydroxyl groups is 1. The molecule has 0 amide bonds. The molecule has 2 N–H and O–H groups in total. The predicted octanol–water partition coefficient (Wildman–Crippen LogP) is 3.03. The summed E-state index contributed by atoms with van der Waals surface area (Å²) in [5.74, 6) is 1.79. The zero-order valence-corrected chi connectivity index (χ0v) is 14.0. The minimum atomic E-state index is 0.310. The second-order valence-electron chi connectivity index (χ2n) is 7.09. The number of piperazine rings is 1. The molecule has 21 heavy (non-hydrogen) atoms. The second-order valence-corrected chi connectivity index (χ2v) is 7.09. The van der Waals surface area contributed by atoms with Crippen molar-refractivity contribution in [1.29, 1.82) is 0 Å². The van der Waals surface area contributed by atoms with Gasteiger partial charge in [-0.1, -0.05) is 58.3 Å². The van der Waals surface area contributed by atoms with Crippen LogP contribution < -0.4 is 5.32 Å². The van der Waals surface area contributed by atoms with Crippen molar-refractivity contribution in [1.82, 2.24) is 10.2 Å². The molecule has 0 aromatic heterocycles. The van der Waals surface area contributed by atoms with Gasteiger partial charge in [0.15, 0.2) is 0 Å². The Morgan fingerprint density at radius 3 is 2.81 bits per heavy atom. The fraction of sp³-hybridized carbons (Fsp3) is 1.00. The monoisotopic (exact) mass is 296 g/mol. The molecule has 2 fully saturated rings. The SMILES string of the molecule is CCCCCCC1CCCCC1C1CNCCN1CCO. The van der Waals surface area contributed by atoms with E-state index in [1.807, 2.05) is 0 Å². The van der Waals surface area contributed by atoms with Crippen LogP contribution in [0.3, 0.4) is 0 Å². The molecule has 1 aliphatic heterocycles. The lowest BCUT2D eigenvalue weighted by Crippen LogP contribution is -2.56. The molecule has 0 radical (unpaired) electrons. The number of aliphatic hydroxyl groups excluding tert-OH is 1. The summed E-state index contributed by atoms with van der Waals surface area (Å²) < 4.78 is 0. The molecule has 0 aromatic rings. The maximum Gasteiger partial charge on any atom is 0.0558 e. The highest BCUT2D eigenvalue weighted by atomic mass is 16.3. The number of hydrogen-bond acceptors (Lipinski definition) is 3. The molecule has 0 aromatic carbocycles. The van der Waals surface area contributed by atoms with Crippen LogP contribution in [-0.4, -0.2) is 48.8 Å². The molecule has 3 unspecified atom stereocenters. The summed E-state index contributed by atoms with van der Waals surface area (Å²) in [6.45, 7) is 6.81. The van der Waals surface area contributed by atoms with Gasteiger partial charge in [0.2, 0.25) is 0 Å². The van der Waals surface area contributed by atoms with E-state index >= 15 is 0 Å². The summed E-state index contributed by atoms with van der Waals surface area (Å²) in [5.41, 5.74) is 0. The van der Waals surface area contributed by atoms with E-state index in [4.69, 9.17) is 0 Å². The minimum Gasteiger partial charge on any atom is -0.395 e. The van der Waals surface area contributed by atoms with Crippen LogP contribution in [0, 0.1) is 11.8 Å². The van der Waals surface area contributed by atoms with E-state index in [9.17, 15) is 5.11 Å². The van der Waals surface area contributed by atoms with Crippen LogP contribution in [0.2, 0.25) is 0 Å². The Labute approximate surface area is 131 Å². The molecular weight excluding hydrogens is 260 g/mol. The largest absolute Gasteiger partial charge is 0.395 e. The van der Waals surface area contributed by atoms with Gasteiger partial charge in [-0.05, 0) is 18.3 Å². The van der Waals surface area contributed by atoms with E-state index in [0.717, 1.165) is 38.0 Å². The molecule has 0 bridgehead atoms. The lowest BCUT2D eigenvalue weighted by atomic mass is 9.72. The average molecular weight is 296 g/mol. The van der Waals surface area contributed by atoms with E-state index in [0.29, 0.717) is 12.6 Å². The van der Waals surface area contributed by atoms with E-state index in [1.54, 1.807) is 0 Å². The van der Waals surface area contributed by atoms with Crippen molar-refractivity contribution in [3.63, 3.8) is 0 Å². The molecule has 0 spiro atoms. The van der Waals surface area contributed by atoms with Gasteiger partial charge in [0, 0.05) is 32.2 Å². The van der Waals surface area contributed by atoms with Gasteiger partial charge in [0.25, 0.3) is 0 Å². The van der Waals surface area contributed by atoms with E-state index in [2.05, 4.69) is 17.1 Å². The van der Waals surface area contributed by atoms with Crippen molar-refractivity contribution >= 4 is 0 Å². The minimum absolute atomic E-state index is 0.310. The van der Waals surface area contributed by atoms with Crippen LogP contribution in [0.15, 0.2) is 0 Å². The second kappa shape index (κ2) is 9.81. The van der Waals surface area contributed by atoms with E-state index < -0.39 is 0 Å². The van der Waals surface area contributed by atoms with Gasteiger partial charge in [0.1, 0.15) is 0 Å². The smallest absolute Gasteiger partial charge is 0.0558 e. The van der Waals surface area contributed by atoms with Crippen molar-refractivity contribution in [3.05, 3.63) is 0 Å². The highest BCUT2D eigenvalue weighted by Gasteiger charge is 2.35. The zero-order valence-electron chi connectivity index (χ0n) is 14.0. The lowest BCUT2D eigenvalue weighted by molar-refractivity contribution is 0.0448. The van der Waals surface area contributed by atoms with E-state index in [-0.39, 0.29) is 0 Å². The number of β-amino-alcohol motifs (C(OH)–C–C–N with tert-alkyl or cyclic N) is 1. The number of rotatable bonds is 8. The third-order valence-electron chi connectivity index (χ3n) is 5.68. The molecule has 3 atom stereocenters. The van der Waals surface area contributed by atoms with Crippen molar-refractivity contribution in [2.24, 2.45) is 11.8 Å². The number of unbranched alkanes of at least 4 members (excludes halogenated alkanes) is 3. The fourth-order valence-electron chi connectivity index (χ4n) is 4.53. The predicted molar refractivity (Wildman–Crippen MR) is 89.5 cm³/mol. The normalized spacial score (nSPS) is 31.4. The van der Waals surface area contributed by atoms with Crippen LogP contribution in [0.5, 0.6) is 0 Å². The summed E-state index contributed by atoms with van der Waals surface area (Å²) in [6, 6.07) is 0.669. The number of nitrogens with one attached hydrogen (secondary N) is 1. The van der Waals surface area contributed by atoms with Crippen molar-refractivity contribution in [2.75, 3.05) is 32.8 Å². The summed E-state index contributed by atoms with van der Waals surface area (Å²) in [7, 11) is 0. The summed E-state index contributed by atoms with van der Waals surface area (Å²) >= 11 is 0.